The van der Waals surface area contributed by atoms with Crippen molar-refractivity contribution in [1.82, 2.24) is 20.1 Å². The van der Waals surface area contributed by atoms with Gasteiger partial charge >= 0.3 is 12.4 Å². The second-order valence-corrected chi connectivity index (χ2v) is 10.6. The molecular formula is C24H26F6N4O4. The molecule has 14 heteroatoms. The molecule has 0 amide bonds. The molecular weight excluding hydrogens is 522 g/mol. The molecule has 0 spiro atoms. The van der Waals surface area contributed by atoms with Gasteiger partial charge in [0.2, 0.25) is 5.89 Å². The summed E-state index contributed by atoms with van der Waals surface area (Å²) in [5.74, 6) is -0.560. The highest BCUT2D eigenvalue weighted by atomic mass is 19.4. The average molecular weight is 548 g/mol. The molecule has 1 aliphatic heterocycles. The summed E-state index contributed by atoms with van der Waals surface area (Å²) < 4.78 is 92.9. The standard InChI is InChI=1S/C24H26F6N4O4/c1-12-5-22(36,20-33-18(11-38-20)24(28,29)30)6-14(32-12)10-37-16-3-13-9-31-34(15-7-21(2,35)8-15)19(13)17(4-16)23(25,26)27/h3-4,9,11-12,14-15,32,35-36H,5-8,10H2,1-2H3. The molecule has 1 saturated heterocycles. The zero-order valence-electron chi connectivity index (χ0n) is 20.4. The third kappa shape index (κ3) is 5.08. The molecule has 1 aliphatic carbocycles. The topological polar surface area (TPSA) is 106 Å². The molecule has 38 heavy (non-hydrogen) atoms. The number of aromatic nitrogens is 3. The Kier molecular flexibility index (Phi) is 6.23. The predicted octanol–water partition coefficient (Wildman–Crippen LogP) is 4.55. The molecule has 3 N–H and O–H groups in total. The highest BCUT2D eigenvalue weighted by Gasteiger charge is 2.46. The SMILES string of the molecule is CC1CC(O)(c2nc(C(F)(F)F)co2)CC(COc2cc(C(F)(F)F)c3c(cnn3C3CC(C)(O)C3)c2)N1. The number of rotatable bonds is 5. The normalized spacial score (nSPS) is 30.4. The summed E-state index contributed by atoms with van der Waals surface area (Å²) in [4.78, 5) is 3.41. The van der Waals surface area contributed by atoms with Gasteiger partial charge in [-0.1, -0.05) is 0 Å². The summed E-state index contributed by atoms with van der Waals surface area (Å²) >= 11 is 0. The average Bonchev–Trinajstić information content (AvgIpc) is 3.42. The van der Waals surface area contributed by atoms with Crippen molar-refractivity contribution in [3.8, 4) is 5.75 Å². The van der Waals surface area contributed by atoms with Crippen molar-refractivity contribution in [3.63, 3.8) is 0 Å². The molecule has 0 bridgehead atoms. The van der Waals surface area contributed by atoms with E-state index in [1.54, 1.807) is 13.8 Å². The maximum atomic E-state index is 14.0. The van der Waals surface area contributed by atoms with Crippen molar-refractivity contribution >= 4 is 10.9 Å². The van der Waals surface area contributed by atoms with Crippen molar-refractivity contribution in [2.75, 3.05) is 6.61 Å². The first-order valence-corrected chi connectivity index (χ1v) is 12.0. The third-order valence-corrected chi connectivity index (χ3v) is 7.06. The van der Waals surface area contributed by atoms with E-state index in [1.807, 2.05) is 0 Å². The highest BCUT2D eigenvalue weighted by Crippen LogP contribution is 2.45. The largest absolute Gasteiger partial charge is 0.492 e. The lowest BCUT2D eigenvalue weighted by molar-refractivity contribution is -0.141. The summed E-state index contributed by atoms with van der Waals surface area (Å²) in [7, 11) is 0. The fourth-order valence-corrected chi connectivity index (χ4v) is 5.48. The Hall–Kier alpha value is -2.84. The van der Waals surface area contributed by atoms with Crippen LogP contribution in [0.1, 0.15) is 62.7 Å². The number of benzene rings is 1. The van der Waals surface area contributed by atoms with Gasteiger partial charge in [-0.15, -0.1) is 0 Å². The Morgan fingerprint density at radius 1 is 1.11 bits per heavy atom. The minimum absolute atomic E-state index is 0.0126. The second-order valence-electron chi connectivity index (χ2n) is 10.6. The molecule has 1 aromatic carbocycles. The van der Waals surface area contributed by atoms with Gasteiger partial charge in [0.1, 0.15) is 24.2 Å². The number of hydrogen-bond donors (Lipinski definition) is 3. The Labute approximate surface area is 212 Å². The minimum atomic E-state index is -4.74. The van der Waals surface area contributed by atoms with Gasteiger partial charge < -0.3 is 24.7 Å². The molecule has 1 saturated carbocycles. The second kappa shape index (κ2) is 8.85. The summed E-state index contributed by atoms with van der Waals surface area (Å²) in [6.07, 6.45) is -7.26. The van der Waals surface area contributed by atoms with E-state index in [9.17, 15) is 36.6 Å². The Bertz CT molecular complexity index is 1330. The molecule has 5 rings (SSSR count). The summed E-state index contributed by atoms with van der Waals surface area (Å²) in [6, 6.07) is 0.922. The quantitative estimate of drug-likeness (QED) is 0.402. The number of nitrogens with zero attached hydrogens (tertiary/aromatic N) is 3. The summed E-state index contributed by atoms with van der Waals surface area (Å²) in [5, 5.41) is 28.6. The molecule has 2 aliphatic rings. The predicted molar refractivity (Wildman–Crippen MR) is 120 cm³/mol. The van der Waals surface area contributed by atoms with Crippen molar-refractivity contribution in [1.29, 1.82) is 0 Å². The summed E-state index contributed by atoms with van der Waals surface area (Å²) in [5.41, 5.74) is -5.08. The van der Waals surface area contributed by atoms with Crippen LogP contribution in [0.2, 0.25) is 0 Å². The van der Waals surface area contributed by atoms with E-state index in [0.29, 0.717) is 6.26 Å². The van der Waals surface area contributed by atoms with Crippen LogP contribution in [0, 0.1) is 0 Å². The molecule has 208 valence electrons. The fourth-order valence-electron chi connectivity index (χ4n) is 5.48. The number of aliphatic hydroxyl groups is 2. The third-order valence-electron chi connectivity index (χ3n) is 7.06. The molecule has 8 nitrogen and oxygen atoms in total. The number of fused-ring (bicyclic) bond motifs is 1. The monoisotopic (exact) mass is 548 g/mol. The summed E-state index contributed by atoms with van der Waals surface area (Å²) in [6.45, 7) is 3.14. The van der Waals surface area contributed by atoms with E-state index >= 15 is 0 Å². The Morgan fingerprint density at radius 2 is 1.82 bits per heavy atom. The smallest absolute Gasteiger partial charge is 0.436 e. The number of oxazole rings is 1. The van der Waals surface area contributed by atoms with Crippen LogP contribution in [0.15, 0.2) is 29.0 Å². The van der Waals surface area contributed by atoms with E-state index in [-0.39, 0.29) is 61.0 Å². The van der Waals surface area contributed by atoms with Crippen LogP contribution >= 0.6 is 0 Å². The van der Waals surface area contributed by atoms with Crippen LogP contribution in [0.3, 0.4) is 0 Å². The van der Waals surface area contributed by atoms with Gasteiger partial charge in [-0.05, 0) is 38.8 Å². The van der Waals surface area contributed by atoms with Crippen LogP contribution in [-0.2, 0) is 18.0 Å². The maximum Gasteiger partial charge on any atom is 0.436 e. The van der Waals surface area contributed by atoms with Crippen LogP contribution in [0.25, 0.3) is 10.9 Å². The van der Waals surface area contributed by atoms with Crippen molar-refractivity contribution in [3.05, 3.63) is 41.7 Å². The van der Waals surface area contributed by atoms with Gasteiger partial charge in [0.25, 0.3) is 0 Å². The Morgan fingerprint density at radius 3 is 2.42 bits per heavy atom. The zero-order chi connectivity index (χ0) is 27.7. The van der Waals surface area contributed by atoms with Crippen molar-refractivity contribution in [2.45, 2.75) is 81.2 Å². The number of piperidine rings is 1. The lowest BCUT2D eigenvalue weighted by Gasteiger charge is -2.41. The fraction of sp³-hybridized carbons (Fsp3) is 0.583. The molecule has 3 unspecified atom stereocenters. The van der Waals surface area contributed by atoms with Crippen LogP contribution < -0.4 is 10.1 Å². The lowest BCUT2D eigenvalue weighted by Crippen LogP contribution is -2.53. The Balaban J connectivity index is 1.36. The first-order chi connectivity index (χ1) is 17.5. The molecule has 3 aromatic rings. The first-order valence-electron chi connectivity index (χ1n) is 12.0. The van der Waals surface area contributed by atoms with Gasteiger partial charge in [0.05, 0.1) is 28.9 Å². The zero-order valence-corrected chi connectivity index (χ0v) is 20.4. The van der Waals surface area contributed by atoms with Gasteiger partial charge in [-0.2, -0.15) is 31.4 Å². The van der Waals surface area contributed by atoms with Crippen LogP contribution in [-0.4, -0.2) is 49.3 Å². The number of halogens is 6. The molecule has 3 atom stereocenters. The minimum Gasteiger partial charge on any atom is -0.492 e. The molecule has 0 radical (unpaired) electrons. The highest BCUT2D eigenvalue weighted by molar-refractivity contribution is 5.84. The van der Waals surface area contributed by atoms with E-state index in [4.69, 9.17) is 9.15 Å². The lowest BCUT2D eigenvalue weighted by atomic mass is 9.77. The van der Waals surface area contributed by atoms with Crippen molar-refractivity contribution in [2.24, 2.45) is 0 Å². The van der Waals surface area contributed by atoms with Crippen LogP contribution in [0.5, 0.6) is 5.75 Å². The molecule has 2 fully saturated rings. The molecule has 3 heterocycles. The van der Waals surface area contributed by atoms with Crippen molar-refractivity contribution < 1.29 is 45.7 Å². The van der Waals surface area contributed by atoms with Gasteiger partial charge in [0, 0.05) is 30.3 Å². The molecule has 2 aromatic heterocycles. The number of alkyl halides is 6. The van der Waals surface area contributed by atoms with Gasteiger partial charge in [-0.25, -0.2) is 4.98 Å². The number of hydrogen-bond acceptors (Lipinski definition) is 7. The van der Waals surface area contributed by atoms with Gasteiger partial charge in [-0.3, -0.25) is 4.68 Å². The number of nitrogens with one attached hydrogen (secondary N) is 1. The van der Waals surface area contributed by atoms with E-state index in [1.165, 1.54) is 16.9 Å². The number of ether oxygens (including phenoxy) is 1. The van der Waals surface area contributed by atoms with E-state index in [0.717, 1.165) is 6.07 Å². The van der Waals surface area contributed by atoms with E-state index in [2.05, 4.69) is 15.4 Å². The van der Waals surface area contributed by atoms with Crippen LogP contribution in [0.4, 0.5) is 26.3 Å². The maximum absolute atomic E-state index is 14.0. The van der Waals surface area contributed by atoms with E-state index < -0.39 is 46.7 Å². The van der Waals surface area contributed by atoms with Gasteiger partial charge in [0.15, 0.2) is 5.69 Å². The first kappa shape index (κ1) is 26.8.